The molecule has 2 aromatic carbocycles. The number of hydrogen-bond acceptors (Lipinski definition) is 5. The van der Waals surface area contributed by atoms with Crippen molar-refractivity contribution in [1.82, 2.24) is 4.90 Å². The van der Waals surface area contributed by atoms with Crippen LogP contribution in [0.4, 0.5) is 4.79 Å². The van der Waals surface area contributed by atoms with Crippen molar-refractivity contribution in [3.8, 4) is 24.2 Å². The average Bonchev–Trinajstić information content (AvgIpc) is 2.95. The van der Waals surface area contributed by atoms with Gasteiger partial charge in [0.05, 0.1) is 30.2 Å². The maximum Gasteiger partial charge on any atom is 0.293 e. The number of ether oxygens (including phenoxy) is 1. The second-order valence-electron chi connectivity index (χ2n) is 5.84. The van der Waals surface area contributed by atoms with E-state index in [1.807, 2.05) is 12.1 Å². The van der Waals surface area contributed by atoms with Crippen molar-refractivity contribution in [3.05, 3.63) is 65.1 Å². The lowest BCUT2D eigenvalue weighted by atomic mass is 10.1. The van der Waals surface area contributed by atoms with Crippen LogP contribution >= 0.6 is 56.9 Å². The zero-order valence-electron chi connectivity index (χ0n) is 14.8. The van der Waals surface area contributed by atoms with E-state index in [0.29, 0.717) is 21.8 Å². The van der Waals surface area contributed by atoms with Gasteiger partial charge in [0.25, 0.3) is 11.1 Å². The molecule has 0 radical (unpaired) electrons. The Balaban J connectivity index is 1.85. The summed E-state index contributed by atoms with van der Waals surface area (Å²) < 4.78 is 7.27. The van der Waals surface area contributed by atoms with Gasteiger partial charge in [0, 0.05) is 0 Å². The minimum atomic E-state index is -0.370. The Morgan fingerprint density at radius 3 is 2.55 bits per heavy atom. The third kappa shape index (κ3) is 4.94. The van der Waals surface area contributed by atoms with E-state index < -0.39 is 0 Å². The lowest BCUT2D eigenvalue weighted by Crippen LogP contribution is -2.27. The number of terminal acetylenes is 1. The molecule has 2 amide bonds. The highest BCUT2D eigenvalue weighted by molar-refractivity contribution is 14.1. The minimum absolute atomic E-state index is 0.0691. The van der Waals surface area contributed by atoms with Gasteiger partial charge in [-0.15, -0.1) is 6.42 Å². The standard InChI is InChI=1S/C21H12I2N2O3S/c1-2-7-28-19-16(22)8-13(9-17(19)23)10-18-20(26)25(21(27)29-18)12-15-6-4-3-5-14(15)11-24/h1,3-6,8-10H,7,12H2/b18-10-. The van der Waals surface area contributed by atoms with Crippen molar-refractivity contribution in [3.63, 3.8) is 0 Å². The lowest BCUT2D eigenvalue weighted by Gasteiger charge is -2.13. The summed E-state index contributed by atoms with van der Waals surface area (Å²) in [4.78, 5) is 26.7. The van der Waals surface area contributed by atoms with E-state index in [0.717, 1.165) is 29.4 Å². The number of benzene rings is 2. The fourth-order valence-electron chi connectivity index (χ4n) is 2.64. The molecule has 1 heterocycles. The zero-order chi connectivity index (χ0) is 21.0. The summed E-state index contributed by atoms with van der Waals surface area (Å²) in [6.07, 6.45) is 6.94. The molecule has 144 valence electrons. The summed E-state index contributed by atoms with van der Waals surface area (Å²) in [5, 5.41) is 8.87. The zero-order valence-corrected chi connectivity index (χ0v) is 19.9. The number of amides is 2. The van der Waals surface area contributed by atoms with Crippen LogP contribution < -0.4 is 4.74 Å². The molecule has 3 rings (SSSR count). The van der Waals surface area contributed by atoms with Crippen molar-refractivity contribution in [1.29, 1.82) is 5.26 Å². The summed E-state index contributed by atoms with van der Waals surface area (Å²) in [6.45, 7) is 0.244. The van der Waals surface area contributed by atoms with Gasteiger partial charge in [-0.3, -0.25) is 14.5 Å². The molecular weight excluding hydrogens is 614 g/mol. The Labute approximate surface area is 199 Å². The Morgan fingerprint density at radius 2 is 1.90 bits per heavy atom. The van der Waals surface area contributed by atoms with Gasteiger partial charge in [-0.1, -0.05) is 24.1 Å². The van der Waals surface area contributed by atoms with Crippen molar-refractivity contribution in [2.24, 2.45) is 0 Å². The summed E-state index contributed by atoms with van der Waals surface area (Å²) in [5.41, 5.74) is 1.87. The molecule has 0 bridgehead atoms. The number of carbonyl (C=O) groups is 2. The summed E-state index contributed by atoms with van der Waals surface area (Å²) in [7, 11) is 0. The maximum absolute atomic E-state index is 12.8. The number of carbonyl (C=O) groups excluding carboxylic acids is 2. The van der Waals surface area contributed by atoms with Crippen molar-refractivity contribution in [2.75, 3.05) is 6.61 Å². The van der Waals surface area contributed by atoms with Crippen LogP contribution in [0.15, 0.2) is 41.3 Å². The first-order chi connectivity index (χ1) is 13.9. The summed E-state index contributed by atoms with van der Waals surface area (Å²) in [5.74, 6) is 2.76. The van der Waals surface area contributed by atoms with E-state index in [9.17, 15) is 14.9 Å². The van der Waals surface area contributed by atoms with Crippen LogP contribution in [0.2, 0.25) is 0 Å². The predicted octanol–water partition coefficient (Wildman–Crippen LogP) is 5.02. The van der Waals surface area contributed by atoms with Crippen LogP contribution in [0.25, 0.3) is 6.08 Å². The molecule has 1 aliphatic rings. The van der Waals surface area contributed by atoms with Gasteiger partial charge in [-0.05, 0) is 92.3 Å². The number of nitrogens with zero attached hydrogens (tertiary/aromatic N) is 2. The topological polar surface area (TPSA) is 70.4 Å². The number of imide groups is 1. The number of thioether (sulfide) groups is 1. The van der Waals surface area contributed by atoms with Crippen molar-refractivity contribution in [2.45, 2.75) is 6.54 Å². The van der Waals surface area contributed by atoms with Gasteiger partial charge in [0.1, 0.15) is 12.4 Å². The molecule has 0 saturated carbocycles. The molecule has 0 spiro atoms. The predicted molar refractivity (Wildman–Crippen MR) is 129 cm³/mol. The molecule has 1 aliphatic heterocycles. The van der Waals surface area contributed by atoms with Crippen molar-refractivity contribution < 1.29 is 14.3 Å². The molecule has 0 N–H and O–H groups in total. The van der Waals surface area contributed by atoms with E-state index in [2.05, 4.69) is 57.2 Å². The van der Waals surface area contributed by atoms with Gasteiger partial charge in [0.15, 0.2) is 0 Å². The van der Waals surface area contributed by atoms with E-state index in [1.165, 1.54) is 0 Å². The molecule has 0 aliphatic carbocycles. The quantitative estimate of drug-likeness (QED) is 0.265. The van der Waals surface area contributed by atoms with Crippen LogP contribution in [0.1, 0.15) is 16.7 Å². The molecular formula is C21H12I2N2O3S. The smallest absolute Gasteiger partial charge is 0.293 e. The largest absolute Gasteiger partial charge is 0.479 e. The number of nitriles is 1. The third-order valence-corrected chi connectivity index (χ3v) is 6.47. The van der Waals surface area contributed by atoms with E-state index in [-0.39, 0.29) is 24.3 Å². The van der Waals surface area contributed by atoms with Crippen LogP contribution in [0.5, 0.6) is 5.75 Å². The summed E-state index contributed by atoms with van der Waals surface area (Å²) in [6, 6.07) is 12.8. The molecule has 1 fully saturated rings. The van der Waals surface area contributed by atoms with Crippen LogP contribution in [0, 0.1) is 30.8 Å². The maximum atomic E-state index is 12.8. The Kier molecular flexibility index (Phi) is 7.22. The monoisotopic (exact) mass is 626 g/mol. The van der Waals surface area contributed by atoms with Gasteiger partial charge in [-0.25, -0.2) is 0 Å². The van der Waals surface area contributed by atoms with Crippen LogP contribution in [0.3, 0.4) is 0 Å². The molecule has 0 aromatic heterocycles. The van der Waals surface area contributed by atoms with Gasteiger partial charge < -0.3 is 4.74 Å². The molecule has 0 atom stereocenters. The lowest BCUT2D eigenvalue weighted by molar-refractivity contribution is -0.123. The highest BCUT2D eigenvalue weighted by atomic mass is 127. The van der Waals surface area contributed by atoms with Gasteiger partial charge in [-0.2, -0.15) is 5.26 Å². The third-order valence-electron chi connectivity index (χ3n) is 3.96. The van der Waals surface area contributed by atoms with Crippen LogP contribution in [-0.4, -0.2) is 22.7 Å². The Hall–Kier alpha value is -2.02. The SMILES string of the molecule is C#CCOc1c(I)cc(/C=C2\SC(=O)N(Cc3ccccc3C#N)C2=O)cc1I. The highest BCUT2D eigenvalue weighted by Gasteiger charge is 2.35. The summed E-state index contributed by atoms with van der Waals surface area (Å²) >= 11 is 5.19. The van der Waals surface area contributed by atoms with Gasteiger partial charge >= 0.3 is 0 Å². The minimum Gasteiger partial charge on any atom is -0.479 e. The number of rotatable bonds is 5. The average molecular weight is 626 g/mol. The van der Waals surface area contributed by atoms with E-state index >= 15 is 0 Å². The fourth-order valence-corrected chi connectivity index (χ4v) is 5.61. The molecule has 2 aromatic rings. The number of halogens is 2. The normalized spacial score (nSPS) is 14.8. The highest BCUT2D eigenvalue weighted by Crippen LogP contribution is 2.35. The number of hydrogen-bond donors (Lipinski definition) is 0. The molecule has 8 heteroatoms. The van der Waals surface area contributed by atoms with Crippen LogP contribution in [-0.2, 0) is 11.3 Å². The molecule has 5 nitrogen and oxygen atoms in total. The van der Waals surface area contributed by atoms with E-state index in [1.54, 1.807) is 30.3 Å². The van der Waals surface area contributed by atoms with Gasteiger partial charge in [0.2, 0.25) is 0 Å². The second-order valence-corrected chi connectivity index (χ2v) is 9.16. The first-order valence-corrected chi connectivity index (χ1v) is 11.2. The molecule has 29 heavy (non-hydrogen) atoms. The first-order valence-electron chi connectivity index (χ1n) is 8.23. The van der Waals surface area contributed by atoms with E-state index in [4.69, 9.17) is 11.2 Å². The molecule has 0 unspecified atom stereocenters. The Morgan fingerprint density at radius 1 is 1.21 bits per heavy atom. The Bertz CT molecular complexity index is 1090. The molecule has 1 saturated heterocycles. The van der Waals surface area contributed by atoms with Crippen molar-refractivity contribution >= 4 is 74.2 Å². The fraction of sp³-hybridized carbons (Fsp3) is 0.0952. The first kappa shape index (κ1) is 21.7. The second kappa shape index (κ2) is 9.65.